The van der Waals surface area contributed by atoms with E-state index in [9.17, 15) is 0 Å². The van der Waals surface area contributed by atoms with Crippen LogP contribution >= 0.6 is 0 Å². The van der Waals surface area contributed by atoms with E-state index in [4.69, 9.17) is 9.73 Å². The molecule has 1 atom stereocenters. The normalized spacial score (nSPS) is 22.6. The van der Waals surface area contributed by atoms with Crippen LogP contribution in [0.25, 0.3) is 0 Å². The molecule has 1 saturated carbocycles. The van der Waals surface area contributed by atoms with E-state index in [0.29, 0.717) is 6.04 Å². The van der Waals surface area contributed by atoms with Gasteiger partial charge in [0, 0.05) is 32.3 Å². The summed E-state index contributed by atoms with van der Waals surface area (Å²) in [6.45, 7) is 14.5. The van der Waals surface area contributed by atoms with Gasteiger partial charge in [-0.2, -0.15) is 0 Å². The number of nitrogens with one attached hydrogen (secondary N) is 1. The van der Waals surface area contributed by atoms with Gasteiger partial charge in [-0.15, -0.1) is 0 Å². The zero-order chi connectivity index (χ0) is 15.8. The molecular formula is C17H34N4O. The molecule has 2 aliphatic rings. The molecule has 1 unspecified atom stereocenters. The molecule has 0 amide bonds. The van der Waals surface area contributed by atoms with Crippen LogP contribution in [-0.4, -0.2) is 74.3 Å². The molecule has 5 heteroatoms. The molecule has 0 aromatic rings. The third kappa shape index (κ3) is 5.43. The first-order chi connectivity index (χ1) is 10.8. The number of hydrogen-bond donors (Lipinski definition) is 1. The summed E-state index contributed by atoms with van der Waals surface area (Å²) in [7, 11) is 0. The SMILES string of the molecule is CCNC(=NCCOCC1CC1)N1CCC(N(CC)CC)C1. The van der Waals surface area contributed by atoms with E-state index in [1.54, 1.807) is 0 Å². The lowest BCUT2D eigenvalue weighted by Crippen LogP contribution is -2.43. The van der Waals surface area contributed by atoms with Crippen LogP contribution in [0.2, 0.25) is 0 Å². The van der Waals surface area contributed by atoms with Gasteiger partial charge < -0.3 is 15.0 Å². The zero-order valence-electron chi connectivity index (χ0n) is 14.7. The fraction of sp³-hybridized carbons (Fsp3) is 0.941. The van der Waals surface area contributed by atoms with Crippen LogP contribution in [0.1, 0.15) is 40.0 Å². The number of rotatable bonds is 9. The summed E-state index contributed by atoms with van der Waals surface area (Å²) in [5, 5.41) is 3.43. The maximum absolute atomic E-state index is 5.68. The van der Waals surface area contributed by atoms with E-state index in [2.05, 4.69) is 35.9 Å². The second-order valence-corrected chi connectivity index (χ2v) is 6.36. The Morgan fingerprint density at radius 2 is 2.00 bits per heavy atom. The van der Waals surface area contributed by atoms with Crippen LogP contribution in [0.5, 0.6) is 0 Å². The molecule has 5 nitrogen and oxygen atoms in total. The Bertz CT molecular complexity index is 340. The summed E-state index contributed by atoms with van der Waals surface area (Å²) in [5.41, 5.74) is 0. The van der Waals surface area contributed by atoms with E-state index in [-0.39, 0.29) is 0 Å². The van der Waals surface area contributed by atoms with Crippen LogP contribution in [0.4, 0.5) is 0 Å². The lowest BCUT2D eigenvalue weighted by atomic mass is 10.2. The summed E-state index contributed by atoms with van der Waals surface area (Å²) in [6.07, 6.45) is 3.95. The molecule has 0 bridgehead atoms. The van der Waals surface area contributed by atoms with Crippen molar-refractivity contribution in [1.29, 1.82) is 0 Å². The number of nitrogens with zero attached hydrogens (tertiary/aromatic N) is 3. The fourth-order valence-electron chi connectivity index (χ4n) is 3.15. The van der Waals surface area contributed by atoms with Gasteiger partial charge in [0.1, 0.15) is 0 Å². The molecule has 2 rings (SSSR count). The molecule has 128 valence electrons. The minimum absolute atomic E-state index is 0.671. The smallest absolute Gasteiger partial charge is 0.194 e. The average Bonchev–Trinajstić information content (AvgIpc) is 3.23. The maximum Gasteiger partial charge on any atom is 0.194 e. The van der Waals surface area contributed by atoms with Gasteiger partial charge in [-0.1, -0.05) is 13.8 Å². The summed E-state index contributed by atoms with van der Waals surface area (Å²) in [4.78, 5) is 9.71. The predicted molar refractivity (Wildman–Crippen MR) is 92.4 cm³/mol. The molecule has 0 aromatic heterocycles. The molecular weight excluding hydrogens is 276 g/mol. The van der Waals surface area contributed by atoms with Gasteiger partial charge in [-0.25, -0.2) is 0 Å². The Morgan fingerprint density at radius 1 is 1.23 bits per heavy atom. The fourth-order valence-corrected chi connectivity index (χ4v) is 3.15. The van der Waals surface area contributed by atoms with Crippen LogP contribution in [-0.2, 0) is 4.74 Å². The summed E-state index contributed by atoms with van der Waals surface area (Å²) in [6, 6.07) is 0.671. The molecule has 22 heavy (non-hydrogen) atoms. The molecule has 0 spiro atoms. The first-order valence-electron chi connectivity index (χ1n) is 9.13. The van der Waals surface area contributed by atoms with Crippen molar-refractivity contribution < 1.29 is 4.74 Å². The zero-order valence-corrected chi connectivity index (χ0v) is 14.7. The highest BCUT2D eigenvalue weighted by molar-refractivity contribution is 5.80. The molecule has 0 radical (unpaired) electrons. The monoisotopic (exact) mass is 310 g/mol. The van der Waals surface area contributed by atoms with Crippen LogP contribution < -0.4 is 5.32 Å². The first-order valence-corrected chi connectivity index (χ1v) is 9.13. The van der Waals surface area contributed by atoms with Crippen molar-refractivity contribution in [1.82, 2.24) is 15.1 Å². The van der Waals surface area contributed by atoms with E-state index < -0.39 is 0 Å². The Morgan fingerprint density at radius 3 is 2.64 bits per heavy atom. The number of hydrogen-bond acceptors (Lipinski definition) is 3. The van der Waals surface area contributed by atoms with Gasteiger partial charge in [0.25, 0.3) is 0 Å². The van der Waals surface area contributed by atoms with Gasteiger partial charge in [-0.3, -0.25) is 9.89 Å². The standard InChI is InChI=1S/C17H34N4O/c1-4-18-17(19-10-12-22-14-15-7-8-15)21-11-9-16(13-21)20(5-2)6-3/h15-16H,4-14H2,1-3H3,(H,18,19). The number of guanidine groups is 1. The van der Waals surface area contributed by atoms with Crippen molar-refractivity contribution in [3.8, 4) is 0 Å². The molecule has 1 heterocycles. The number of ether oxygens (including phenoxy) is 1. The number of aliphatic imine (C=N–C) groups is 1. The predicted octanol–water partition coefficient (Wildman–Crippen LogP) is 1.79. The largest absolute Gasteiger partial charge is 0.379 e. The highest BCUT2D eigenvalue weighted by atomic mass is 16.5. The Kier molecular flexibility index (Phi) is 7.46. The van der Waals surface area contributed by atoms with Crippen molar-refractivity contribution in [2.45, 2.75) is 46.1 Å². The van der Waals surface area contributed by atoms with Crippen molar-refractivity contribution >= 4 is 5.96 Å². The van der Waals surface area contributed by atoms with Crippen molar-refractivity contribution in [2.24, 2.45) is 10.9 Å². The third-order valence-corrected chi connectivity index (χ3v) is 4.67. The molecule has 1 saturated heterocycles. The average molecular weight is 310 g/mol. The second kappa shape index (κ2) is 9.36. The van der Waals surface area contributed by atoms with Gasteiger partial charge in [0.05, 0.1) is 13.2 Å². The minimum Gasteiger partial charge on any atom is -0.379 e. The molecule has 1 N–H and O–H groups in total. The van der Waals surface area contributed by atoms with Crippen LogP contribution in [0.15, 0.2) is 4.99 Å². The second-order valence-electron chi connectivity index (χ2n) is 6.36. The first kappa shape index (κ1) is 17.5. The maximum atomic E-state index is 5.68. The molecule has 1 aliphatic carbocycles. The Balaban J connectivity index is 1.76. The van der Waals surface area contributed by atoms with E-state index in [1.165, 1.54) is 19.3 Å². The summed E-state index contributed by atoms with van der Waals surface area (Å²) < 4.78 is 5.68. The van der Waals surface area contributed by atoms with E-state index in [1.807, 2.05) is 0 Å². The van der Waals surface area contributed by atoms with Gasteiger partial charge in [-0.05, 0) is 45.2 Å². The molecule has 2 fully saturated rings. The van der Waals surface area contributed by atoms with Crippen LogP contribution in [0.3, 0.4) is 0 Å². The third-order valence-electron chi connectivity index (χ3n) is 4.67. The lowest BCUT2D eigenvalue weighted by Gasteiger charge is -2.27. The quantitative estimate of drug-likeness (QED) is 0.400. The van der Waals surface area contributed by atoms with Gasteiger partial charge in [0.2, 0.25) is 0 Å². The van der Waals surface area contributed by atoms with Crippen molar-refractivity contribution in [2.75, 3.05) is 52.5 Å². The topological polar surface area (TPSA) is 40.1 Å². The minimum atomic E-state index is 0.671. The number of likely N-dealkylation sites (N-methyl/N-ethyl adjacent to an activating group) is 1. The van der Waals surface area contributed by atoms with Crippen LogP contribution in [0, 0.1) is 5.92 Å². The summed E-state index contributed by atoms with van der Waals surface area (Å²) >= 11 is 0. The highest BCUT2D eigenvalue weighted by Gasteiger charge is 2.28. The molecule has 1 aliphatic heterocycles. The van der Waals surface area contributed by atoms with E-state index in [0.717, 1.165) is 64.4 Å². The Labute approximate surface area is 136 Å². The highest BCUT2D eigenvalue weighted by Crippen LogP contribution is 2.28. The van der Waals surface area contributed by atoms with Gasteiger partial charge >= 0.3 is 0 Å². The van der Waals surface area contributed by atoms with Crippen molar-refractivity contribution in [3.63, 3.8) is 0 Å². The Hall–Kier alpha value is -0.810. The molecule has 0 aromatic carbocycles. The summed E-state index contributed by atoms with van der Waals surface area (Å²) in [5.74, 6) is 1.90. The van der Waals surface area contributed by atoms with Gasteiger partial charge in [0.15, 0.2) is 5.96 Å². The van der Waals surface area contributed by atoms with E-state index >= 15 is 0 Å². The number of likely N-dealkylation sites (tertiary alicyclic amines) is 1. The van der Waals surface area contributed by atoms with Crippen molar-refractivity contribution in [3.05, 3.63) is 0 Å². The lowest BCUT2D eigenvalue weighted by molar-refractivity contribution is 0.131.